The maximum atomic E-state index is 12.7. The standard InChI is InChI=1S/C24H24ClN3O4/c1-15-10-18(25)5-6-21(15)32-14-23(29)28-8-7-19-17(13-28)11-26-16(2)20(19)12-27-24(30)22-4-3-9-31-22/h3-6,9-11H,7-8,12-14H2,1-2H3,(H,27,30). The Morgan fingerprint density at radius 3 is 2.88 bits per heavy atom. The summed E-state index contributed by atoms with van der Waals surface area (Å²) < 4.78 is 10.9. The number of hydrogen-bond acceptors (Lipinski definition) is 5. The maximum Gasteiger partial charge on any atom is 0.287 e. The fourth-order valence-corrected chi connectivity index (χ4v) is 4.07. The first kappa shape index (κ1) is 21.9. The van der Waals surface area contributed by atoms with E-state index in [2.05, 4.69) is 10.3 Å². The molecule has 1 aliphatic heterocycles. The van der Waals surface area contributed by atoms with E-state index in [1.807, 2.05) is 20.0 Å². The van der Waals surface area contributed by atoms with Gasteiger partial charge in [-0.1, -0.05) is 11.6 Å². The Bertz CT molecular complexity index is 1140. The second-order valence-electron chi connectivity index (χ2n) is 7.75. The number of benzene rings is 1. The highest BCUT2D eigenvalue weighted by Gasteiger charge is 2.24. The lowest BCUT2D eigenvalue weighted by molar-refractivity contribution is -0.134. The first-order chi connectivity index (χ1) is 15.4. The number of nitrogens with one attached hydrogen (secondary N) is 1. The summed E-state index contributed by atoms with van der Waals surface area (Å²) in [4.78, 5) is 31.2. The Kier molecular flexibility index (Phi) is 6.46. The van der Waals surface area contributed by atoms with Crippen LogP contribution in [0.5, 0.6) is 5.75 Å². The second-order valence-corrected chi connectivity index (χ2v) is 8.19. The van der Waals surface area contributed by atoms with Gasteiger partial charge in [0.05, 0.1) is 6.26 Å². The van der Waals surface area contributed by atoms with Crippen LogP contribution >= 0.6 is 11.6 Å². The molecule has 166 valence electrons. The number of fused-ring (bicyclic) bond motifs is 1. The summed E-state index contributed by atoms with van der Waals surface area (Å²) >= 11 is 5.97. The van der Waals surface area contributed by atoms with Gasteiger partial charge in [0, 0.05) is 36.5 Å². The van der Waals surface area contributed by atoms with Crippen molar-refractivity contribution in [2.75, 3.05) is 13.2 Å². The fraction of sp³-hybridized carbons (Fsp3) is 0.292. The van der Waals surface area contributed by atoms with Gasteiger partial charge in [0.1, 0.15) is 5.75 Å². The van der Waals surface area contributed by atoms with Gasteiger partial charge in [-0.25, -0.2) is 0 Å². The van der Waals surface area contributed by atoms with Crippen molar-refractivity contribution in [1.82, 2.24) is 15.2 Å². The lowest BCUT2D eigenvalue weighted by atomic mass is 9.95. The quantitative estimate of drug-likeness (QED) is 0.613. The highest BCUT2D eigenvalue weighted by atomic mass is 35.5. The molecule has 0 aliphatic carbocycles. The predicted octanol–water partition coefficient (Wildman–Crippen LogP) is 3.84. The van der Waals surface area contributed by atoms with E-state index in [1.165, 1.54) is 6.26 Å². The molecule has 3 heterocycles. The lowest BCUT2D eigenvalue weighted by Gasteiger charge is -2.30. The number of aryl methyl sites for hydroxylation is 2. The van der Waals surface area contributed by atoms with Crippen molar-refractivity contribution >= 4 is 23.4 Å². The van der Waals surface area contributed by atoms with Crippen LogP contribution in [0, 0.1) is 13.8 Å². The fourth-order valence-electron chi connectivity index (χ4n) is 3.84. The average molecular weight is 454 g/mol. The van der Waals surface area contributed by atoms with Gasteiger partial charge in [-0.2, -0.15) is 0 Å². The minimum atomic E-state index is -0.269. The Morgan fingerprint density at radius 1 is 1.28 bits per heavy atom. The van der Waals surface area contributed by atoms with E-state index < -0.39 is 0 Å². The molecule has 2 aromatic heterocycles. The smallest absolute Gasteiger partial charge is 0.287 e. The van der Waals surface area contributed by atoms with Crippen LogP contribution in [-0.2, 0) is 24.3 Å². The molecule has 2 amide bonds. The zero-order valence-corrected chi connectivity index (χ0v) is 18.7. The van der Waals surface area contributed by atoms with E-state index in [9.17, 15) is 9.59 Å². The normalized spacial score (nSPS) is 12.9. The number of furan rings is 1. The van der Waals surface area contributed by atoms with Crippen LogP contribution in [0.1, 0.15) is 38.5 Å². The molecule has 3 aromatic rings. The van der Waals surface area contributed by atoms with Crippen molar-refractivity contribution < 1.29 is 18.7 Å². The first-order valence-electron chi connectivity index (χ1n) is 10.4. The van der Waals surface area contributed by atoms with Crippen molar-refractivity contribution in [2.45, 2.75) is 33.4 Å². The molecule has 1 aliphatic rings. The van der Waals surface area contributed by atoms with Crippen molar-refractivity contribution in [1.29, 1.82) is 0 Å². The highest BCUT2D eigenvalue weighted by Crippen LogP contribution is 2.25. The van der Waals surface area contributed by atoms with Crippen LogP contribution in [0.3, 0.4) is 0 Å². The monoisotopic (exact) mass is 453 g/mol. The van der Waals surface area contributed by atoms with Gasteiger partial charge in [0.15, 0.2) is 12.4 Å². The summed E-state index contributed by atoms with van der Waals surface area (Å²) in [6.45, 7) is 5.18. The molecule has 1 aromatic carbocycles. The third-order valence-corrected chi connectivity index (χ3v) is 5.84. The van der Waals surface area contributed by atoms with Crippen molar-refractivity contribution in [3.8, 4) is 5.75 Å². The summed E-state index contributed by atoms with van der Waals surface area (Å²) in [5.41, 5.74) is 4.86. The number of amides is 2. The zero-order chi connectivity index (χ0) is 22.7. The molecule has 4 rings (SSSR count). The molecule has 0 fully saturated rings. The van der Waals surface area contributed by atoms with Gasteiger partial charge in [-0.3, -0.25) is 14.6 Å². The first-order valence-corrected chi connectivity index (χ1v) is 10.7. The number of halogens is 1. The minimum absolute atomic E-state index is 0.0385. The Morgan fingerprint density at radius 2 is 2.12 bits per heavy atom. The van der Waals surface area contributed by atoms with Gasteiger partial charge >= 0.3 is 0 Å². The van der Waals surface area contributed by atoms with Crippen LogP contribution in [-0.4, -0.2) is 34.8 Å². The summed E-state index contributed by atoms with van der Waals surface area (Å²) in [6.07, 6.45) is 3.97. The Hall–Kier alpha value is -3.32. The molecule has 32 heavy (non-hydrogen) atoms. The van der Waals surface area contributed by atoms with Crippen LogP contribution in [0.25, 0.3) is 0 Å². The predicted molar refractivity (Wildman–Crippen MR) is 120 cm³/mol. The summed E-state index contributed by atoms with van der Waals surface area (Å²) in [7, 11) is 0. The molecule has 0 radical (unpaired) electrons. The number of carbonyl (C=O) groups excluding carboxylic acids is 2. The summed E-state index contributed by atoms with van der Waals surface area (Å²) in [5.74, 6) is 0.563. The lowest BCUT2D eigenvalue weighted by Crippen LogP contribution is -2.39. The van der Waals surface area contributed by atoms with E-state index in [4.69, 9.17) is 20.8 Å². The van der Waals surface area contributed by atoms with E-state index in [-0.39, 0.29) is 24.2 Å². The van der Waals surface area contributed by atoms with Gasteiger partial charge in [-0.15, -0.1) is 0 Å². The molecule has 0 unspecified atom stereocenters. The molecule has 7 nitrogen and oxygen atoms in total. The number of aromatic nitrogens is 1. The second kappa shape index (κ2) is 9.44. The van der Waals surface area contributed by atoms with Crippen molar-refractivity contribution in [2.24, 2.45) is 0 Å². The number of carbonyl (C=O) groups is 2. The summed E-state index contributed by atoms with van der Waals surface area (Å²) in [6, 6.07) is 8.62. The van der Waals surface area contributed by atoms with Gasteiger partial charge in [0.2, 0.25) is 0 Å². The number of ether oxygens (including phenoxy) is 1. The van der Waals surface area contributed by atoms with E-state index in [1.54, 1.807) is 35.2 Å². The molecule has 8 heteroatoms. The molecular weight excluding hydrogens is 430 g/mol. The molecule has 0 saturated carbocycles. The molecule has 1 N–H and O–H groups in total. The largest absolute Gasteiger partial charge is 0.483 e. The third kappa shape index (κ3) is 4.78. The van der Waals surface area contributed by atoms with Crippen molar-refractivity contribution in [3.05, 3.63) is 81.5 Å². The Labute approximate surface area is 191 Å². The average Bonchev–Trinajstić information content (AvgIpc) is 3.32. The maximum absolute atomic E-state index is 12.7. The Balaban J connectivity index is 1.40. The number of nitrogens with zero attached hydrogens (tertiary/aromatic N) is 2. The highest BCUT2D eigenvalue weighted by molar-refractivity contribution is 6.30. The molecule has 0 atom stereocenters. The molecule has 0 bridgehead atoms. The summed E-state index contributed by atoms with van der Waals surface area (Å²) in [5, 5.41) is 3.52. The molecule has 0 spiro atoms. The number of pyridine rings is 1. The van der Waals surface area contributed by atoms with Crippen LogP contribution in [0.4, 0.5) is 0 Å². The van der Waals surface area contributed by atoms with E-state index in [0.717, 1.165) is 27.9 Å². The third-order valence-electron chi connectivity index (χ3n) is 5.61. The SMILES string of the molecule is Cc1cc(Cl)ccc1OCC(=O)N1CCc2c(cnc(C)c2CNC(=O)c2ccco2)C1. The van der Waals surface area contributed by atoms with Crippen LogP contribution < -0.4 is 10.1 Å². The van der Waals surface area contributed by atoms with Crippen LogP contribution in [0.15, 0.2) is 47.2 Å². The number of rotatable bonds is 6. The zero-order valence-electron chi connectivity index (χ0n) is 18.0. The molecular formula is C24H24ClN3O4. The van der Waals surface area contributed by atoms with Gasteiger partial charge in [-0.05, 0) is 72.9 Å². The van der Waals surface area contributed by atoms with Gasteiger partial charge in [0.25, 0.3) is 11.8 Å². The van der Waals surface area contributed by atoms with Crippen LogP contribution in [0.2, 0.25) is 5.02 Å². The minimum Gasteiger partial charge on any atom is -0.483 e. The number of hydrogen-bond donors (Lipinski definition) is 1. The topological polar surface area (TPSA) is 84.7 Å². The van der Waals surface area contributed by atoms with E-state index >= 15 is 0 Å². The van der Waals surface area contributed by atoms with Gasteiger partial charge < -0.3 is 19.4 Å². The van der Waals surface area contributed by atoms with E-state index in [0.29, 0.717) is 36.8 Å². The molecule has 0 saturated heterocycles. The van der Waals surface area contributed by atoms with Crippen molar-refractivity contribution in [3.63, 3.8) is 0 Å².